The van der Waals surface area contributed by atoms with Crippen LogP contribution in [-0.2, 0) is 9.59 Å². The van der Waals surface area contributed by atoms with E-state index in [9.17, 15) is 14.7 Å². The maximum absolute atomic E-state index is 12.1. The molecule has 0 heterocycles. The molecule has 0 fully saturated rings. The zero-order valence-corrected chi connectivity index (χ0v) is 15.1. The Balaban J connectivity index is 1.85. The van der Waals surface area contributed by atoms with E-state index in [-0.39, 0.29) is 19.0 Å². The van der Waals surface area contributed by atoms with Gasteiger partial charge in [0.15, 0.2) is 12.6 Å². The Kier molecular flexibility index (Phi) is 7.42. The summed E-state index contributed by atoms with van der Waals surface area (Å²) in [5.74, 6) is -0.716. The highest BCUT2D eigenvalue weighted by Crippen LogP contribution is 2.24. The Hall–Kier alpha value is -3.29. The van der Waals surface area contributed by atoms with Crippen molar-refractivity contribution >= 4 is 28.6 Å². The van der Waals surface area contributed by atoms with Crippen LogP contribution in [0.15, 0.2) is 47.5 Å². The summed E-state index contributed by atoms with van der Waals surface area (Å²) < 4.78 is 5.58. The first-order valence-corrected chi connectivity index (χ1v) is 8.60. The fourth-order valence-electron chi connectivity index (χ4n) is 2.56. The Morgan fingerprint density at radius 1 is 1.22 bits per heavy atom. The molecule has 0 aliphatic rings. The van der Waals surface area contributed by atoms with Gasteiger partial charge in [-0.2, -0.15) is 0 Å². The SMILES string of the molecule is CN=C(N)NCCCC(NC(=O)COc1cccc2ccccc12)C(=O)O. The molecular formula is C19H24N4O4. The first-order valence-electron chi connectivity index (χ1n) is 8.60. The molecule has 0 saturated heterocycles. The lowest BCUT2D eigenvalue weighted by molar-refractivity contribution is -0.142. The number of fused-ring (bicyclic) bond motifs is 1. The quantitative estimate of drug-likeness (QED) is 0.297. The summed E-state index contributed by atoms with van der Waals surface area (Å²) in [5.41, 5.74) is 5.50. The number of rotatable bonds is 9. The average Bonchev–Trinajstić information content (AvgIpc) is 2.68. The summed E-state index contributed by atoms with van der Waals surface area (Å²) in [7, 11) is 1.55. The van der Waals surface area contributed by atoms with Gasteiger partial charge < -0.3 is 26.2 Å². The number of carboxylic acid groups (broad SMARTS) is 1. The normalized spacial score (nSPS) is 12.4. The predicted octanol–water partition coefficient (Wildman–Crippen LogP) is 1.10. The molecule has 0 radical (unpaired) electrons. The molecule has 8 heteroatoms. The summed E-state index contributed by atoms with van der Waals surface area (Å²) in [5, 5.41) is 16.5. The van der Waals surface area contributed by atoms with Crippen molar-refractivity contribution in [1.82, 2.24) is 10.6 Å². The lowest BCUT2D eigenvalue weighted by Gasteiger charge is -2.15. The molecule has 144 valence electrons. The third-order valence-corrected chi connectivity index (χ3v) is 3.96. The van der Waals surface area contributed by atoms with Crippen LogP contribution >= 0.6 is 0 Å². The molecule has 2 rings (SSSR count). The van der Waals surface area contributed by atoms with Crippen molar-refractivity contribution < 1.29 is 19.4 Å². The predicted molar refractivity (Wildman–Crippen MR) is 104 cm³/mol. The second kappa shape index (κ2) is 10.0. The van der Waals surface area contributed by atoms with Gasteiger partial charge in [0, 0.05) is 19.0 Å². The number of carbonyl (C=O) groups is 2. The maximum Gasteiger partial charge on any atom is 0.326 e. The van der Waals surface area contributed by atoms with Gasteiger partial charge in [-0.3, -0.25) is 9.79 Å². The zero-order chi connectivity index (χ0) is 19.6. The van der Waals surface area contributed by atoms with Gasteiger partial charge in [0.25, 0.3) is 5.91 Å². The highest BCUT2D eigenvalue weighted by molar-refractivity contribution is 5.89. The van der Waals surface area contributed by atoms with Gasteiger partial charge in [-0.05, 0) is 24.3 Å². The first kappa shape index (κ1) is 20.0. The highest BCUT2D eigenvalue weighted by Gasteiger charge is 2.19. The fourth-order valence-corrected chi connectivity index (χ4v) is 2.56. The number of guanidine groups is 1. The van der Waals surface area contributed by atoms with E-state index in [1.165, 1.54) is 0 Å². The zero-order valence-electron chi connectivity index (χ0n) is 15.1. The van der Waals surface area contributed by atoms with Crippen LogP contribution in [0.4, 0.5) is 0 Å². The number of aliphatic imine (C=N–C) groups is 1. The van der Waals surface area contributed by atoms with Crippen LogP contribution in [-0.4, -0.2) is 49.2 Å². The van der Waals surface area contributed by atoms with Crippen molar-refractivity contribution in [3.05, 3.63) is 42.5 Å². The lowest BCUT2D eigenvalue weighted by atomic mass is 10.1. The summed E-state index contributed by atoms with van der Waals surface area (Å²) in [4.78, 5) is 27.2. The standard InChI is InChI=1S/C19H24N4O4/c1-21-19(20)22-11-5-9-15(18(25)26)23-17(24)12-27-16-10-4-7-13-6-2-3-8-14(13)16/h2-4,6-8,10,15H,5,9,11-12H2,1H3,(H,23,24)(H,25,26)(H3,20,21,22). The number of benzene rings is 2. The van der Waals surface area contributed by atoms with E-state index in [4.69, 9.17) is 10.5 Å². The summed E-state index contributed by atoms with van der Waals surface area (Å²) in [6.45, 7) is 0.209. The largest absolute Gasteiger partial charge is 0.483 e. The van der Waals surface area contributed by atoms with E-state index in [2.05, 4.69) is 15.6 Å². The van der Waals surface area contributed by atoms with Crippen LogP contribution < -0.4 is 21.1 Å². The van der Waals surface area contributed by atoms with Crippen LogP contribution in [0.5, 0.6) is 5.75 Å². The minimum absolute atomic E-state index is 0.258. The molecule has 0 bridgehead atoms. The second-order valence-electron chi connectivity index (χ2n) is 5.90. The average molecular weight is 372 g/mol. The lowest BCUT2D eigenvalue weighted by Crippen LogP contribution is -2.43. The third kappa shape index (κ3) is 6.18. The van der Waals surface area contributed by atoms with Crippen molar-refractivity contribution in [2.75, 3.05) is 20.2 Å². The minimum Gasteiger partial charge on any atom is -0.483 e. The number of carboxylic acids is 1. The number of aliphatic carboxylic acids is 1. The van der Waals surface area contributed by atoms with Gasteiger partial charge in [-0.1, -0.05) is 36.4 Å². The van der Waals surface area contributed by atoms with Crippen LogP contribution in [0.2, 0.25) is 0 Å². The Morgan fingerprint density at radius 2 is 1.96 bits per heavy atom. The van der Waals surface area contributed by atoms with E-state index < -0.39 is 17.9 Å². The summed E-state index contributed by atoms with van der Waals surface area (Å²) >= 11 is 0. The third-order valence-electron chi connectivity index (χ3n) is 3.96. The van der Waals surface area contributed by atoms with Gasteiger partial charge in [-0.15, -0.1) is 0 Å². The van der Waals surface area contributed by atoms with Gasteiger partial charge in [-0.25, -0.2) is 4.79 Å². The number of nitrogens with two attached hydrogens (primary N) is 1. The molecule has 1 unspecified atom stereocenters. The van der Waals surface area contributed by atoms with Gasteiger partial charge in [0.1, 0.15) is 11.8 Å². The molecule has 2 aromatic carbocycles. The van der Waals surface area contributed by atoms with Gasteiger partial charge in [0.2, 0.25) is 0 Å². The minimum atomic E-state index is -1.09. The number of hydrogen-bond donors (Lipinski definition) is 4. The number of ether oxygens (including phenoxy) is 1. The molecule has 0 aliphatic heterocycles. The van der Waals surface area contributed by atoms with E-state index >= 15 is 0 Å². The van der Waals surface area contributed by atoms with Gasteiger partial charge in [0.05, 0.1) is 0 Å². The summed E-state index contributed by atoms with van der Waals surface area (Å²) in [6, 6.07) is 12.2. The molecule has 5 N–H and O–H groups in total. The molecule has 0 aromatic heterocycles. The number of hydrogen-bond acceptors (Lipinski definition) is 4. The van der Waals surface area contributed by atoms with E-state index in [1.54, 1.807) is 13.1 Å². The number of amides is 1. The number of nitrogens with one attached hydrogen (secondary N) is 2. The molecule has 2 aromatic rings. The van der Waals surface area contributed by atoms with Crippen molar-refractivity contribution in [3.63, 3.8) is 0 Å². The highest BCUT2D eigenvalue weighted by atomic mass is 16.5. The van der Waals surface area contributed by atoms with Crippen LogP contribution in [0.1, 0.15) is 12.8 Å². The topological polar surface area (TPSA) is 126 Å². The molecular weight excluding hydrogens is 348 g/mol. The molecule has 1 amide bonds. The smallest absolute Gasteiger partial charge is 0.326 e. The fraction of sp³-hybridized carbons (Fsp3) is 0.316. The first-order chi connectivity index (χ1) is 13.0. The van der Waals surface area contributed by atoms with Crippen LogP contribution in [0.25, 0.3) is 10.8 Å². The maximum atomic E-state index is 12.1. The number of carbonyl (C=O) groups excluding carboxylic acids is 1. The van der Waals surface area contributed by atoms with E-state index in [0.717, 1.165) is 10.8 Å². The number of nitrogens with zero attached hydrogens (tertiary/aromatic N) is 1. The molecule has 8 nitrogen and oxygen atoms in total. The summed E-state index contributed by atoms with van der Waals surface area (Å²) in [6.07, 6.45) is 0.775. The van der Waals surface area contributed by atoms with Gasteiger partial charge >= 0.3 is 5.97 Å². The van der Waals surface area contributed by atoms with Crippen LogP contribution in [0, 0.1) is 0 Å². The molecule has 0 spiro atoms. The Bertz CT molecular complexity index is 817. The van der Waals surface area contributed by atoms with Crippen molar-refractivity contribution in [2.24, 2.45) is 10.7 Å². The molecule has 27 heavy (non-hydrogen) atoms. The Morgan fingerprint density at radius 3 is 2.70 bits per heavy atom. The Labute approximate surface area is 157 Å². The second-order valence-corrected chi connectivity index (χ2v) is 5.90. The van der Waals surface area contributed by atoms with Crippen molar-refractivity contribution in [2.45, 2.75) is 18.9 Å². The molecule has 0 aliphatic carbocycles. The molecule has 1 atom stereocenters. The molecule has 0 saturated carbocycles. The van der Waals surface area contributed by atoms with E-state index in [0.29, 0.717) is 18.7 Å². The monoisotopic (exact) mass is 372 g/mol. The van der Waals surface area contributed by atoms with Crippen molar-refractivity contribution in [3.8, 4) is 5.75 Å². The van der Waals surface area contributed by atoms with Crippen molar-refractivity contribution in [1.29, 1.82) is 0 Å². The van der Waals surface area contributed by atoms with Crippen LogP contribution in [0.3, 0.4) is 0 Å². The van der Waals surface area contributed by atoms with E-state index in [1.807, 2.05) is 36.4 Å².